The average molecular weight is 445 g/mol. The van der Waals surface area contributed by atoms with Crippen molar-refractivity contribution >= 4 is 28.9 Å². The van der Waals surface area contributed by atoms with E-state index < -0.39 is 10.9 Å². The van der Waals surface area contributed by atoms with Crippen LogP contribution in [0.1, 0.15) is 48.5 Å². The number of hydrogen-bond acceptors (Lipinski definition) is 7. The lowest BCUT2D eigenvalue weighted by Crippen LogP contribution is -2.46. The molecule has 2 bridgehead atoms. The zero-order valence-electron chi connectivity index (χ0n) is 17.3. The van der Waals surface area contributed by atoms with Crippen molar-refractivity contribution < 1.29 is 14.5 Å². The standard InChI is InChI=1S/C22H25ClN4O4/c1-2-31-22(28)18-12-24-21(23)20(27(29)30)19(18)25-15-10-16-8-9-17(11-15)26(16)13-14-6-4-3-5-7-14/h3-7,12,15-17H,2,8-11,13H2,1H3,(H,24,25)/t16-,17-/m0/s1. The maximum Gasteiger partial charge on any atom is 0.342 e. The normalized spacial score (nSPS) is 22.8. The fourth-order valence-electron chi connectivity index (χ4n) is 4.80. The third-order valence-electron chi connectivity index (χ3n) is 6.13. The highest BCUT2D eigenvalue weighted by molar-refractivity contribution is 6.32. The second kappa shape index (κ2) is 9.20. The van der Waals surface area contributed by atoms with Crippen LogP contribution in [0, 0.1) is 10.1 Å². The lowest BCUT2D eigenvalue weighted by atomic mass is 9.96. The van der Waals surface area contributed by atoms with Gasteiger partial charge in [0.05, 0.1) is 11.5 Å². The fraction of sp³-hybridized carbons (Fsp3) is 0.455. The van der Waals surface area contributed by atoms with Crippen LogP contribution in [0.2, 0.25) is 5.15 Å². The Morgan fingerprint density at radius 1 is 1.29 bits per heavy atom. The smallest absolute Gasteiger partial charge is 0.342 e. The molecule has 0 radical (unpaired) electrons. The van der Waals surface area contributed by atoms with Crippen molar-refractivity contribution in [1.29, 1.82) is 0 Å². The number of nitrogens with zero attached hydrogens (tertiary/aromatic N) is 3. The van der Waals surface area contributed by atoms with Crippen LogP contribution in [0.15, 0.2) is 36.5 Å². The number of pyridine rings is 1. The number of hydrogen-bond donors (Lipinski definition) is 1. The van der Waals surface area contributed by atoms with Gasteiger partial charge in [-0.25, -0.2) is 9.78 Å². The molecule has 2 aliphatic heterocycles. The van der Waals surface area contributed by atoms with E-state index in [0.29, 0.717) is 12.1 Å². The zero-order chi connectivity index (χ0) is 22.0. The summed E-state index contributed by atoms with van der Waals surface area (Å²) in [5, 5.41) is 14.7. The Labute approximate surface area is 185 Å². The first-order chi connectivity index (χ1) is 15.0. The molecule has 164 valence electrons. The van der Waals surface area contributed by atoms with Crippen LogP contribution in [0.3, 0.4) is 0 Å². The van der Waals surface area contributed by atoms with Crippen molar-refractivity contribution in [1.82, 2.24) is 9.88 Å². The molecule has 2 saturated heterocycles. The molecule has 31 heavy (non-hydrogen) atoms. The van der Waals surface area contributed by atoms with Gasteiger partial charge in [0.1, 0.15) is 11.3 Å². The third kappa shape index (κ3) is 4.50. The lowest BCUT2D eigenvalue weighted by Gasteiger charge is -2.39. The highest BCUT2D eigenvalue weighted by atomic mass is 35.5. The Morgan fingerprint density at radius 2 is 1.97 bits per heavy atom. The van der Waals surface area contributed by atoms with Crippen molar-refractivity contribution in [3.05, 3.63) is 62.9 Å². The summed E-state index contributed by atoms with van der Waals surface area (Å²) in [6.45, 7) is 2.75. The number of benzene rings is 1. The molecule has 2 aliphatic rings. The van der Waals surface area contributed by atoms with E-state index in [-0.39, 0.29) is 34.7 Å². The van der Waals surface area contributed by atoms with Crippen molar-refractivity contribution in [2.24, 2.45) is 0 Å². The number of rotatable bonds is 7. The van der Waals surface area contributed by atoms with Gasteiger partial charge < -0.3 is 10.1 Å². The molecular weight excluding hydrogens is 420 g/mol. The molecule has 0 aliphatic carbocycles. The minimum absolute atomic E-state index is 0.00475. The number of esters is 1. The Hall–Kier alpha value is -2.71. The van der Waals surface area contributed by atoms with Crippen LogP contribution in [0.4, 0.5) is 11.4 Å². The molecular formula is C22H25ClN4O4. The number of nitro groups is 1. The van der Waals surface area contributed by atoms with E-state index in [1.165, 1.54) is 11.8 Å². The minimum Gasteiger partial charge on any atom is -0.462 e. The first-order valence-corrected chi connectivity index (χ1v) is 10.9. The number of aromatic nitrogens is 1. The maximum absolute atomic E-state index is 12.4. The van der Waals surface area contributed by atoms with E-state index in [1.54, 1.807) is 6.92 Å². The highest BCUT2D eigenvalue weighted by Gasteiger charge is 2.41. The predicted octanol–water partition coefficient (Wildman–Crippen LogP) is 4.43. The molecule has 0 unspecified atom stereocenters. The van der Waals surface area contributed by atoms with Crippen LogP contribution in [0.25, 0.3) is 0 Å². The Kier molecular flexibility index (Phi) is 6.38. The number of ether oxygens (including phenoxy) is 1. The molecule has 2 fully saturated rings. The van der Waals surface area contributed by atoms with E-state index in [2.05, 4.69) is 39.5 Å². The van der Waals surface area contributed by atoms with Gasteiger partial charge in [0.25, 0.3) is 0 Å². The zero-order valence-corrected chi connectivity index (χ0v) is 18.0. The summed E-state index contributed by atoms with van der Waals surface area (Å²) < 4.78 is 5.08. The number of anilines is 1. The molecule has 9 heteroatoms. The number of carbonyl (C=O) groups is 1. The summed E-state index contributed by atoms with van der Waals surface area (Å²) in [5.41, 5.74) is 1.04. The van der Waals surface area contributed by atoms with Gasteiger partial charge in [0.15, 0.2) is 0 Å². The van der Waals surface area contributed by atoms with Gasteiger partial charge in [-0.1, -0.05) is 41.9 Å². The van der Waals surface area contributed by atoms with Crippen LogP contribution >= 0.6 is 11.6 Å². The first-order valence-electron chi connectivity index (χ1n) is 10.5. The van der Waals surface area contributed by atoms with Crippen LogP contribution in [0.5, 0.6) is 0 Å². The molecule has 0 spiro atoms. The molecule has 1 aromatic carbocycles. The summed E-state index contributed by atoms with van der Waals surface area (Å²) in [6, 6.07) is 11.2. The van der Waals surface area contributed by atoms with E-state index in [4.69, 9.17) is 16.3 Å². The van der Waals surface area contributed by atoms with Gasteiger partial charge in [-0.3, -0.25) is 15.0 Å². The summed E-state index contributed by atoms with van der Waals surface area (Å²) in [6.07, 6.45) is 5.11. The summed E-state index contributed by atoms with van der Waals surface area (Å²) in [5.74, 6) is -0.651. The summed E-state index contributed by atoms with van der Waals surface area (Å²) >= 11 is 6.03. The second-order valence-corrected chi connectivity index (χ2v) is 8.38. The molecule has 8 nitrogen and oxygen atoms in total. The number of nitrogens with one attached hydrogen (secondary N) is 1. The van der Waals surface area contributed by atoms with Crippen LogP contribution in [-0.4, -0.2) is 45.5 Å². The number of piperidine rings is 1. The monoisotopic (exact) mass is 444 g/mol. The van der Waals surface area contributed by atoms with Gasteiger partial charge in [-0.2, -0.15) is 0 Å². The molecule has 1 N–H and O–H groups in total. The van der Waals surface area contributed by atoms with Crippen molar-refractivity contribution in [2.45, 2.75) is 57.3 Å². The maximum atomic E-state index is 12.4. The molecule has 4 rings (SSSR count). The third-order valence-corrected chi connectivity index (χ3v) is 6.40. The Bertz CT molecular complexity index is 957. The molecule has 1 aromatic heterocycles. The summed E-state index contributed by atoms with van der Waals surface area (Å²) in [4.78, 5) is 29.9. The van der Waals surface area contributed by atoms with E-state index in [1.807, 2.05) is 6.07 Å². The molecule has 0 saturated carbocycles. The van der Waals surface area contributed by atoms with Crippen LogP contribution < -0.4 is 5.32 Å². The Morgan fingerprint density at radius 3 is 2.58 bits per heavy atom. The van der Waals surface area contributed by atoms with E-state index in [0.717, 1.165) is 32.2 Å². The van der Waals surface area contributed by atoms with E-state index in [9.17, 15) is 14.9 Å². The number of fused-ring (bicyclic) bond motifs is 2. The number of halogens is 1. The molecule has 3 heterocycles. The second-order valence-electron chi connectivity index (χ2n) is 8.02. The average Bonchev–Trinajstić information content (AvgIpc) is 2.97. The quantitative estimate of drug-likeness (QED) is 0.292. The fourth-order valence-corrected chi connectivity index (χ4v) is 5.01. The Balaban J connectivity index is 1.56. The van der Waals surface area contributed by atoms with Gasteiger partial charge >= 0.3 is 11.7 Å². The van der Waals surface area contributed by atoms with Crippen molar-refractivity contribution in [2.75, 3.05) is 11.9 Å². The summed E-state index contributed by atoms with van der Waals surface area (Å²) in [7, 11) is 0. The minimum atomic E-state index is -0.651. The highest BCUT2D eigenvalue weighted by Crippen LogP contribution is 2.40. The lowest BCUT2D eigenvalue weighted by molar-refractivity contribution is -0.384. The SMILES string of the molecule is CCOC(=O)c1cnc(Cl)c([N+](=O)[O-])c1NC1C[C@@H]2CC[C@@H](C1)N2Cc1ccccc1. The van der Waals surface area contributed by atoms with Gasteiger partial charge in [0, 0.05) is 30.9 Å². The molecule has 0 amide bonds. The van der Waals surface area contributed by atoms with Crippen LogP contribution in [-0.2, 0) is 11.3 Å². The van der Waals surface area contributed by atoms with Crippen molar-refractivity contribution in [3.8, 4) is 0 Å². The topological polar surface area (TPSA) is 97.6 Å². The largest absolute Gasteiger partial charge is 0.462 e. The van der Waals surface area contributed by atoms with E-state index >= 15 is 0 Å². The molecule has 2 aromatic rings. The van der Waals surface area contributed by atoms with Gasteiger partial charge in [-0.15, -0.1) is 0 Å². The van der Waals surface area contributed by atoms with Gasteiger partial charge in [-0.05, 0) is 38.2 Å². The van der Waals surface area contributed by atoms with Gasteiger partial charge in [0.2, 0.25) is 5.15 Å². The molecule has 2 atom stereocenters. The predicted molar refractivity (Wildman–Crippen MR) is 117 cm³/mol. The van der Waals surface area contributed by atoms with Crippen molar-refractivity contribution in [3.63, 3.8) is 0 Å². The number of carbonyl (C=O) groups excluding carboxylic acids is 1. The first kappa shape index (κ1) is 21.5.